The molecule has 1 aromatic carbocycles. The van der Waals surface area contributed by atoms with Gasteiger partial charge >= 0.3 is 0 Å². The number of fused-ring (bicyclic) bond motifs is 1. The van der Waals surface area contributed by atoms with Crippen molar-refractivity contribution in [2.45, 2.75) is 36.3 Å². The number of hydrogen-bond donors (Lipinski definition) is 1. The summed E-state index contributed by atoms with van der Waals surface area (Å²) >= 11 is 0. The Kier molecular flexibility index (Phi) is 6.05. The molecule has 8 heteroatoms. The number of unbranched alkanes of at least 4 members (excludes halogenated alkanes) is 1. The number of sulfone groups is 1. The van der Waals surface area contributed by atoms with Crippen molar-refractivity contribution in [3.8, 4) is 11.5 Å². The number of furan rings is 1. The summed E-state index contributed by atoms with van der Waals surface area (Å²) in [7, 11) is -3.82. The molecule has 0 saturated carbocycles. The number of rotatable bonds is 8. The highest BCUT2D eigenvalue weighted by Gasteiger charge is 2.33. The van der Waals surface area contributed by atoms with Crippen molar-refractivity contribution in [2.24, 2.45) is 0 Å². The smallest absolute Gasteiger partial charge is 0.220 e. The van der Waals surface area contributed by atoms with E-state index in [2.05, 4.69) is 5.32 Å². The van der Waals surface area contributed by atoms with E-state index in [-0.39, 0.29) is 23.1 Å². The Morgan fingerprint density at radius 2 is 1.96 bits per heavy atom. The van der Waals surface area contributed by atoms with Crippen molar-refractivity contribution in [2.75, 3.05) is 19.8 Å². The number of carbonyl (C=O) groups excluding carboxylic acids is 1. The first-order valence-corrected chi connectivity index (χ1v) is 10.5. The molecule has 0 spiro atoms. The first kappa shape index (κ1) is 19.3. The Morgan fingerprint density at radius 3 is 2.67 bits per heavy atom. The van der Waals surface area contributed by atoms with Crippen molar-refractivity contribution >= 4 is 15.7 Å². The molecule has 0 radical (unpaired) electrons. The SMILES string of the molecule is CCCCC(=O)NC[C@H](c1ccco1)S(=O)(=O)c1ccc2c(c1)OCCO2. The molecule has 0 bridgehead atoms. The summed E-state index contributed by atoms with van der Waals surface area (Å²) in [5.74, 6) is 1.02. The highest BCUT2D eigenvalue weighted by Crippen LogP contribution is 2.36. The molecule has 2 aromatic rings. The van der Waals surface area contributed by atoms with Crippen LogP contribution in [-0.2, 0) is 14.6 Å². The lowest BCUT2D eigenvalue weighted by Gasteiger charge is -2.21. The maximum atomic E-state index is 13.2. The van der Waals surface area contributed by atoms with E-state index in [0.717, 1.165) is 12.8 Å². The fourth-order valence-corrected chi connectivity index (χ4v) is 4.44. The Balaban J connectivity index is 1.85. The second-order valence-electron chi connectivity index (χ2n) is 6.26. The molecule has 146 valence electrons. The van der Waals surface area contributed by atoms with Crippen LogP contribution in [0.3, 0.4) is 0 Å². The predicted molar refractivity (Wildman–Crippen MR) is 98.6 cm³/mol. The maximum Gasteiger partial charge on any atom is 0.220 e. The highest BCUT2D eigenvalue weighted by atomic mass is 32.2. The second-order valence-corrected chi connectivity index (χ2v) is 8.39. The van der Waals surface area contributed by atoms with E-state index in [9.17, 15) is 13.2 Å². The first-order chi connectivity index (χ1) is 13.0. The van der Waals surface area contributed by atoms with Crippen molar-refractivity contribution in [1.82, 2.24) is 5.32 Å². The molecule has 0 fully saturated rings. The third kappa shape index (κ3) is 4.44. The Bertz CT molecular complexity index is 876. The normalized spacial score (nSPS) is 14.6. The summed E-state index contributed by atoms with van der Waals surface area (Å²) in [5, 5.41) is 1.68. The standard InChI is InChI=1S/C19H23NO6S/c1-2-3-6-19(21)20-13-18(16-5-4-9-24-16)27(22,23)14-7-8-15-17(12-14)26-11-10-25-15/h4-5,7-9,12,18H,2-3,6,10-11,13H2,1H3,(H,20,21)/t18-/m1/s1. The summed E-state index contributed by atoms with van der Waals surface area (Å²) in [6.07, 6.45) is 3.43. The van der Waals surface area contributed by atoms with Gasteiger partial charge in [-0.1, -0.05) is 13.3 Å². The highest BCUT2D eigenvalue weighted by molar-refractivity contribution is 7.91. The third-order valence-corrected chi connectivity index (χ3v) is 6.38. The molecule has 1 amide bonds. The molecule has 1 N–H and O–H groups in total. The summed E-state index contributed by atoms with van der Waals surface area (Å²) < 4.78 is 42.7. The fourth-order valence-electron chi connectivity index (χ4n) is 2.83. The maximum absolute atomic E-state index is 13.2. The van der Waals surface area contributed by atoms with Crippen molar-refractivity contribution in [3.63, 3.8) is 0 Å². The van der Waals surface area contributed by atoms with Crippen LogP contribution in [0.25, 0.3) is 0 Å². The van der Waals surface area contributed by atoms with Crippen LogP contribution >= 0.6 is 0 Å². The number of ether oxygens (including phenoxy) is 2. The van der Waals surface area contributed by atoms with E-state index >= 15 is 0 Å². The molecule has 0 saturated heterocycles. The Morgan fingerprint density at radius 1 is 1.19 bits per heavy atom. The van der Waals surface area contributed by atoms with Gasteiger partial charge in [0, 0.05) is 19.0 Å². The molecule has 0 aliphatic carbocycles. The van der Waals surface area contributed by atoms with E-state index in [1.54, 1.807) is 18.2 Å². The monoisotopic (exact) mass is 393 g/mol. The zero-order chi connectivity index (χ0) is 19.3. The van der Waals surface area contributed by atoms with Crippen molar-refractivity contribution in [3.05, 3.63) is 42.4 Å². The Hall–Kier alpha value is -2.48. The van der Waals surface area contributed by atoms with Crippen LogP contribution in [0.15, 0.2) is 45.9 Å². The molecular weight excluding hydrogens is 370 g/mol. The van der Waals surface area contributed by atoms with Gasteiger partial charge in [-0.2, -0.15) is 0 Å². The van der Waals surface area contributed by atoms with Crippen LogP contribution in [0.1, 0.15) is 37.2 Å². The summed E-state index contributed by atoms with van der Waals surface area (Å²) in [6, 6.07) is 7.75. The minimum absolute atomic E-state index is 0.0627. The average Bonchev–Trinajstić information content (AvgIpc) is 3.20. The number of hydrogen-bond acceptors (Lipinski definition) is 6. The zero-order valence-electron chi connectivity index (χ0n) is 15.1. The van der Waals surface area contributed by atoms with Crippen molar-refractivity contribution in [1.29, 1.82) is 0 Å². The van der Waals surface area contributed by atoms with Gasteiger partial charge in [-0.3, -0.25) is 4.79 Å². The molecule has 27 heavy (non-hydrogen) atoms. The fraction of sp³-hybridized carbons (Fsp3) is 0.421. The van der Waals surface area contributed by atoms with E-state index in [4.69, 9.17) is 13.9 Å². The first-order valence-electron chi connectivity index (χ1n) is 8.96. The molecule has 1 aromatic heterocycles. The topological polar surface area (TPSA) is 94.8 Å². The zero-order valence-corrected chi connectivity index (χ0v) is 16.0. The molecule has 0 unspecified atom stereocenters. The summed E-state index contributed by atoms with van der Waals surface area (Å²) in [6.45, 7) is 2.72. The van der Waals surface area contributed by atoms with Gasteiger partial charge in [0.05, 0.1) is 11.2 Å². The van der Waals surface area contributed by atoms with E-state index in [1.165, 1.54) is 18.4 Å². The van der Waals surface area contributed by atoms with Gasteiger partial charge in [0.25, 0.3) is 0 Å². The van der Waals surface area contributed by atoms with Gasteiger partial charge in [-0.25, -0.2) is 8.42 Å². The van der Waals surface area contributed by atoms with Gasteiger partial charge in [0.2, 0.25) is 5.91 Å². The number of carbonyl (C=O) groups is 1. The van der Waals surface area contributed by atoms with Crippen LogP contribution in [0.4, 0.5) is 0 Å². The van der Waals surface area contributed by atoms with Crippen LogP contribution in [-0.4, -0.2) is 34.1 Å². The molecule has 1 aliphatic heterocycles. The largest absolute Gasteiger partial charge is 0.486 e. The van der Waals surface area contributed by atoms with Gasteiger partial charge in [-0.15, -0.1) is 0 Å². The van der Waals surface area contributed by atoms with Crippen LogP contribution in [0.2, 0.25) is 0 Å². The Labute approximate surface area is 158 Å². The molecule has 1 aliphatic rings. The number of benzene rings is 1. The van der Waals surface area contributed by atoms with Gasteiger partial charge in [-0.05, 0) is 30.7 Å². The predicted octanol–water partition coefficient (Wildman–Crippen LogP) is 2.87. The molecule has 7 nitrogen and oxygen atoms in total. The lowest BCUT2D eigenvalue weighted by Crippen LogP contribution is -2.31. The van der Waals surface area contributed by atoms with Crippen molar-refractivity contribution < 1.29 is 27.1 Å². The molecule has 1 atom stereocenters. The quantitative estimate of drug-likeness (QED) is 0.741. The van der Waals surface area contributed by atoms with Gasteiger partial charge < -0.3 is 19.2 Å². The molecular formula is C19H23NO6S. The van der Waals surface area contributed by atoms with E-state index < -0.39 is 15.1 Å². The molecule has 3 rings (SSSR count). The average molecular weight is 393 g/mol. The number of nitrogens with one attached hydrogen (secondary N) is 1. The minimum atomic E-state index is -3.82. The van der Waals surface area contributed by atoms with E-state index in [1.807, 2.05) is 6.92 Å². The lowest BCUT2D eigenvalue weighted by molar-refractivity contribution is -0.121. The summed E-state index contributed by atoms with van der Waals surface area (Å²) in [4.78, 5) is 12.1. The van der Waals surface area contributed by atoms with Gasteiger partial charge in [0.15, 0.2) is 21.3 Å². The van der Waals surface area contributed by atoms with Crippen LogP contribution in [0.5, 0.6) is 11.5 Å². The van der Waals surface area contributed by atoms with Crippen LogP contribution < -0.4 is 14.8 Å². The second kappa shape index (κ2) is 8.47. The van der Waals surface area contributed by atoms with E-state index in [0.29, 0.717) is 31.1 Å². The van der Waals surface area contributed by atoms with Gasteiger partial charge in [0.1, 0.15) is 24.2 Å². The molecule has 2 heterocycles. The lowest BCUT2D eigenvalue weighted by atomic mass is 10.2. The van der Waals surface area contributed by atoms with Crippen LogP contribution in [0, 0.1) is 0 Å². The minimum Gasteiger partial charge on any atom is -0.486 e. The number of amides is 1. The third-order valence-electron chi connectivity index (χ3n) is 4.32. The summed E-state index contributed by atoms with van der Waals surface area (Å²) in [5.41, 5.74) is 0.